The standard InChI is InChI=1S/C13H21F3O11/c14-13(15,16)12(24)10(23)8(22)9(4(2-18)27-12)26-11-7(21)6(20)5(19)3(1-17)25-11/h3-11,17-24H,1-2H2. The molecule has 2 heterocycles. The molecule has 10 atom stereocenters. The van der Waals surface area contributed by atoms with E-state index in [9.17, 15) is 48.9 Å². The van der Waals surface area contributed by atoms with Crippen LogP contribution in [0.1, 0.15) is 0 Å². The number of hydrogen-bond donors (Lipinski definition) is 8. The Morgan fingerprint density at radius 2 is 1.41 bits per heavy atom. The third kappa shape index (κ3) is 3.92. The summed E-state index contributed by atoms with van der Waals surface area (Å²) in [5.41, 5.74) is 0. The summed E-state index contributed by atoms with van der Waals surface area (Å²) in [6.45, 7) is -2.03. The van der Waals surface area contributed by atoms with E-state index >= 15 is 0 Å². The fraction of sp³-hybridized carbons (Fsp3) is 1.00. The zero-order chi connectivity index (χ0) is 20.7. The molecule has 14 heteroatoms. The van der Waals surface area contributed by atoms with Crippen molar-refractivity contribution in [2.24, 2.45) is 0 Å². The van der Waals surface area contributed by atoms with Crippen molar-refractivity contribution < 1.29 is 68.2 Å². The van der Waals surface area contributed by atoms with E-state index in [0.717, 1.165) is 0 Å². The first-order valence-electron chi connectivity index (χ1n) is 7.79. The molecule has 2 fully saturated rings. The van der Waals surface area contributed by atoms with Gasteiger partial charge in [-0.15, -0.1) is 0 Å². The Hall–Kier alpha value is -0.650. The van der Waals surface area contributed by atoms with E-state index < -0.39 is 80.3 Å². The Morgan fingerprint density at radius 1 is 0.852 bits per heavy atom. The number of aliphatic hydroxyl groups excluding tert-OH is 7. The Bertz CT molecular complexity index is 504. The molecule has 0 spiro atoms. The SMILES string of the molecule is OCC1OC(OC2C(CO)OC(O)(C(F)(F)F)C(O)C2O)C(O)C(O)C1O. The van der Waals surface area contributed by atoms with Gasteiger partial charge in [-0.3, -0.25) is 0 Å². The summed E-state index contributed by atoms with van der Waals surface area (Å²) in [6, 6.07) is 0. The van der Waals surface area contributed by atoms with E-state index in [0.29, 0.717) is 0 Å². The molecule has 2 rings (SSSR count). The van der Waals surface area contributed by atoms with Crippen LogP contribution in [0.25, 0.3) is 0 Å². The van der Waals surface area contributed by atoms with Gasteiger partial charge in [-0.1, -0.05) is 0 Å². The van der Waals surface area contributed by atoms with Gasteiger partial charge in [0.05, 0.1) is 13.2 Å². The molecule has 160 valence electrons. The van der Waals surface area contributed by atoms with Crippen LogP contribution in [0.15, 0.2) is 0 Å². The predicted molar refractivity (Wildman–Crippen MR) is 73.6 cm³/mol. The van der Waals surface area contributed by atoms with Gasteiger partial charge in [0.1, 0.15) is 48.8 Å². The molecular formula is C13H21F3O11. The lowest BCUT2D eigenvalue weighted by Gasteiger charge is -2.49. The topological polar surface area (TPSA) is 190 Å². The molecule has 0 aromatic carbocycles. The maximum atomic E-state index is 13.0. The van der Waals surface area contributed by atoms with E-state index in [2.05, 4.69) is 4.74 Å². The Labute approximate surface area is 149 Å². The van der Waals surface area contributed by atoms with Gasteiger partial charge in [0.25, 0.3) is 5.79 Å². The summed E-state index contributed by atoms with van der Waals surface area (Å²) in [7, 11) is 0. The zero-order valence-electron chi connectivity index (χ0n) is 13.5. The maximum absolute atomic E-state index is 13.0. The first-order valence-corrected chi connectivity index (χ1v) is 7.79. The summed E-state index contributed by atoms with van der Waals surface area (Å²) in [5.74, 6) is -4.20. The molecule has 27 heavy (non-hydrogen) atoms. The lowest BCUT2D eigenvalue weighted by molar-refractivity contribution is -0.448. The quantitative estimate of drug-likeness (QED) is 0.223. The summed E-state index contributed by atoms with van der Waals surface area (Å²) in [4.78, 5) is 0. The van der Waals surface area contributed by atoms with Gasteiger partial charge < -0.3 is 55.1 Å². The summed E-state index contributed by atoms with van der Waals surface area (Å²) in [5, 5.41) is 76.8. The van der Waals surface area contributed by atoms with Gasteiger partial charge in [0, 0.05) is 0 Å². The van der Waals surface area contributed by atoms with Gasteiger partial charge in [-0.05, 0) is 0 Å². The third-order valence-corrected chi connectivity index (χ3v) is 4.48. The van der Waals surface area contributed by atoms with Crippen molar-refractivity contribution in [1.82, 2.24) is 0 Å². The van der Waals surface area contributed by atoms with Crippen molar-refractivity contribution >= 4 is 0 Å². The minimum absolute atomic E-state index is 0.825. The van der Waals surface area contributed by atoms with Crippen molar-refractivity contribution in [3.05, 3.63) is 0 Å². The van der Waals surface area contributed by atoms with Gasteiger partial charge in [-0.25, -0.2) is 0 Å². The molecule has 10 unspecified atom stereocenters. The largest absolute Gasteiger partial charge is 0.446 e. The van der Waals surface area contributed by atoms with Crippen LogP contribution in [0.3, 0.4) is 0 Å². The molecule has 2 aliphatic rings. The van der Waals surface area contributed by atoms with Crippen LogP contribution in [-0.4, -0.2) is 121 Å². The molecule has 0 aromatic heterocycles. The molecule has 11 nitrogen and oxygen atoms in total. The minimum atomic E-state index is -5.53. The van der Waals surface area contributed by atoms with E-state index in [1.807, 2.05) is 0 Å². The van der Waals surface area contributed by atoms with Gasteiger partial charge >= 0.3 is 6.18 Å². The Balaban J connectivity index is 2.23. The number of aliphatic hydroxyl groups is 8. The average molecular weight is 410 g/mol. The van der Waals surface area contributed by atoms with Gasteiger partial charge in [0.2, 0.25) is 0 Å². The molecule has 0 amide bonds. The summed E-state index contributed by atoms with van der Waals surface area (Å²) < 4.78 is 53.3. The fourth-order valence-corrected chi connectivity index (χ4v) is 2.88. The molecule has 0 aromatic rings. The van der Waals surface area contributed by atoms with E-state index in [4.69, 9.17) is 14.6 Å². The van der Waals surface area contributed by atoms with Crippen LogP contribution >= 0.6 is 0 Å². The lowest BCUT2D eigenvalue weighted by Crippen LogP contribution is -2.71. The monoisotopic (exact) mass is 410 g/mol. The van der Waals surface area contributed by atoms with Crippen LogP contribution in [0, 0.1) is 0 Å². The minimum Gasteiger partial charge on any atom is -0.394 e. The second-order valence-corrected chi connectivity index (χ2v) is 6.27. The molecule has 0 radical (unpaired) electrons. The normalized spacial score (nSPS) is 49.2. The lowest BCUT2D eigenvalue weighted by atomic mass is 9.91. The average Bonchev–Trinajstić information content (AvgIpc) is 2.60. The number of hydrogen-bond acceptors (Lipinski definition) is 11. The second kappa shape index (κ2) is 8.00. The van der Waals surface area contributed by atoms with Crippen LogP contribution in [0.5, 0.6) is 0 Å². The first-order chi connectivity index (χ1) is 12.4. The highest BCUT2D eigenvalue weighted by Crippen LogP contribution is 2.41. The van der Waals surface area contributed by atoms with Crippen LogP contribution in [0.2, 0.25) is 0 Å². The molecule has 2 aliphatic heterocycles. The fourth-order valence-electron chi connectivity index (χ4n) is 2.88. The highest BCUT2D eigenvalue weighted by Gasteiger charge is 2.68. The summed E-state index contributed by atoms with van der Waals surface area (Å²) >= 11 is 0. The van der Waals surface area contributed by atoms with E-state index in [1.165, 1.54) is 0 Å². The zero-order valence-corrected chi connectivity index (χ0v) is 13.5. The molecule has 0 bridgehead atoms. The van der Waals surface area contributed by atoms with Crippen molar-refractivity contribution in [2.75, 3.05) is 13.2 Å². The third-order valence-electron chi connectivity index (χ3n) is 4.48. The highest BCUT2D eigenvalue weighted by molar-refractivity contribution is 5.01. The maximum Gasteiger partial charge on any atom is 0.446 e. The van der Waals surface area contributed by atoms with Crippen molar-refractivity contribution in [3.63, 3.8) is 0 Å². The van der Waals surface area contributed by atoms with Crippen LogP contribution in [-0.2, 0) is 14.2 Å². The molecular weight excluding hydrogens is 389 g/mol. The predicted octanol–water partition coefficient (Wildman–Crippen LogP) is -4.46. The van der Waals surface area contributed by atoms with Crippen LogP contribution < -0.4 is 0 Å². The molecule has 2 saturated heterocycles. The van der Waals surface area contributed by atoms with Gasteiger partial charge in [0.15, 0.2) is 6.29 Å². The first kappa shape index (κ1) is 22.6. The summed E-state index contributed by atoms with van der Waals surface area (Å²) in [6.07, 6.45) is -23.8. The Kier molecular flexibility index (Phi) is 6.71. The smallest absolute Gasteiger partial charge is 0.394 e. The number of ether oxygens (including phenoxy) is 3. The van der Waals surface area contributed by atoms with Crippen molar-refractivity contribution in [1.29, 1.82) is 0 Å². The number of rotatable bonds is 4. The molecule has 0 aliphatic carbocycles. The second-order valence-electron chi connectivity index (χ2n) is 6.27. The van der Waals surface area contributed by atoms with E-state index in [-0.39, 0.29) is 0 Å². The molecule has 8 N–H and O–H groups in total. The number of alkyl halides is 3. The van der Waals surface area contributed by atoms with Crippen LogP contribution in [0.4, 0.5) is 13.2 Å². The van der Waals surface area contributed by atoms with Gasteiger partial charge in [-0.2, -0.15) is 13.2 Å². The van der Waals surface area contributed by atoms with E-state index in [1.54, 1.807) is 0 Å². The highest BCUT2D eigenvalue weighted by atomic mass is 19.4. The van der Waals surface area contributed by atoms with Crippen molar-refractivity contribution in [2.45, 2.75) is 67.1 Å². The van der Waals surface area contributed by atoms with Crippen molar-refractivity contribution in [3.8, 4) is 0 Å². The Morgan fingerprint density at radius 3 is 1.89 bits per heavy atom. The molecule has 0 saturated carbocycles. The number of halogens is 3.